The van der Waals surface area contributed by atoms with Gasteiger partial charge in [0, 0.05) is 6.08 Å². The lowest BCUT2D eigenvalue weighted by molar-refractivity contribution is -0.297. The Morgan fingerprint density at radius 2 is 2.09 bits per heavy atom. The summed E-state index contributed by atoms with van der Waals surface area (Å²) in [5.74, 6) is -2.06. The molecule has 0 saturated heterocycles. The Kier molecular flexibility index (Phi) is 4.81. The summed E-state index contributed by atoms with van der Waals surface area (Å²) in [5.41, 5.74) is 0. The molecule has 0 atom stereocenters. The second-order valence-electron chi connectivity index (χ2n) is 1.82. The maximum absolute atomic E-state index is 10.5. The molecule has 62 valence electrons. The Morgan fingerprint density at radius 1 is 1.45 bits per heavy atom. The van der Waals surface area contributed by atoms with Crippen LogP contribution in [0.3, 0.4) is 0 Å². The molecule has 0 aliphatic heterocycles. The van der Waals surface area contributed by atoms with Crippen LogP contribution >= 0.6 is 0 Å². The molecular formula is C7H9O4-. The number of carboxylic acid groups (broad SMARTS) is 1. The summed E-state index contributed by atoms with van der Waals surface area (Å²) >= 11 is 0. The van der Waals surface area contributed by atoms with Crippen LogP contribution in [0.5, 0.6) is 0 Å². The van der Waals surface area contributed by atoms with Crippen LogP contribution in [0.4, 0.5) is 0 Å². The predicted octanol–water partition coefficient (Wildman–Crippen LogP) is -0.754. The number of rotatable bonds is 4. The van der Waals surface area contributed by atoms with Gasteiger partial charge in [0.15, 0.2) is 0 Å². The molecule has 0 bridgehead atoms. The van der Waals surface area contributed by atoms with E-state index in [-0.39, 0.29) is 0 Å². The summed E-state index contributed by atoms with van der Waals surface area (Å²) < 4.78 is 4.52. The minimum Gasteiger partial charge on any atom is -0.545 e. The van der Waals surface area contributed by atoms with Gasteiger partial charge in [-0.2, -0.15) is 0 Å². The van der Waals surface area contributed by atoms with Gasteiger partial charge in [0.25, 0.3) is 0 Å². The van der Waals surface area contributed by atoms with Gasteiger partial charge in [0.1, 0.15) is 0 Å². The van der Waals surface area contributed by atoms with E-state index in [1.165, 1.54) is 0 Å². The summed E-state index contributed by atoms with van der Waals surface area (Å²) in [6, 6.07) is 0. The van der Waals surface area contributed by atoms with Gasteiger partial charge in [0.2, 0.25) is 0 Å². The Morgan fingerprint density at radius 3 is 2.55 bits per heavy atom. The van der Waals surface area contributed by atoms with E-state index in [4.69, 9.17) is 0 Å². The van der Waals surface area contributed by atoms with Crippen molar-refractivity contribution in [2.24, 2.45) is 0 Å². The Bertz CT molecular complexity index is 171. The lowest BCUT2D eigenvalue weighted by Gasteiger charge is -1.96. The quantitative estimate of drug-likeness (QED) is 0.397. The fraction of sp³-hybridized carbons (Fsp3) is 0.429. The van der Waals surface area contributed by atoms with E-state index in [0.29, 0.717) is 19.1 Å². The summed E-state index contributed by atoms with van der Waals surface area (Å²) in [4.78, 5) is 20.3. The number of hydrogen-bond acceptors (Lipinski definition) is 4. The van der Waals surface area contributed by atoms with Crippen LogP contribution in [0.2, 0.25) is 0 Å². The first-order valence-corrected chi connectivity index (χ1v) is 3.22. The van der Waals surface area contributed by atoms with Crippen molar-refractivity contribution in [2.75, 3.05) is 6.61 Å². The molecule has 0 saturated carbocycles. The molecule has 0 spiro atoms. The smallest absolute Gasteiger partial charge is 0.330 e. The first-order valence-electron chi connectivity index (χ1n) is 3.22. The summed E-state index contributed by atoms with van der Waals surface area (Å²) in [5, 5.41) is 9.77. The highest BCUT2D eigenvalue weighted by Crippen LogP contribution is 1.83. The van der Waals surface area contributed by atoms with Crippen molar-refractivity contribution in [1.29, 1.82) is 0 Å². The third-order valence-corrected chi connectivity index (χ3v) is 0.804. The van der Waals surface area contributed by atoms with Crippen LogP contribution < -0.4 is 5.11 Å². The van der Waals surface area contributed by atoms with Crippen molar-refractivity contribution in [3.8, 4) is 0 Å². The Labute approximate surface area is 64.5 Å². The van der Waals surface area contributed by atoms with Crippen molar-refractivity contribution in [2.45, 2.75) is 13.3 Å². The number of aliphatic carboxylic acids is 1. The average molecular weight is 157 g/mol. The van der Waals surface area contributed by atoms with Gasteiger partial charge < -0.3 is 14.6 Å². The van der Waals surface area contributed by atoms with Crippen molar-refractivity contribution < 1.29 is 19.4 Å². The molecule has 11 heavy (non-hydrogen) atoms. The van der Waals surface area contributed by atoms with E-state index in [1.54, 1.807) is 0 Å². The van der Waals surface area contributed by atoms with Crippen LogP contribution in [-0.2, 0) is 14.3 Å². The normalized spacial score (nSPS) is 9.91. The van der Waals surface area contributed by atoms with Crippen LogP contribution in [0.25, 0.3) is 0 Å². The number of ether oxygens (including phenoxy) is 1. The van der Waals surface area contributed by atoms with Crippen LogP contribution in [-0.4, -0.2) is 18.5 Å². The molecule has 0 rings (SSSR count). The number of esters is 1. The molecule has 0 aromatic rings. The molecule has 0 unspecified atom stereocenters. The lowest BCUT2D eigenvalue weighted by atomic mass is 10.5. The number of hydrogen-bond donors (Lipinski definition) is 0. The third kappa shape index (κ3) is 6.57. The van der Waals surface area contributed by atoms with Gasteiger partial charge in [-0.25, -0.2) is 4.79 Å². The van der Waals surface area contributed by atoms with Crippen LogP contribution in [0.15, 0.2) is 12.2 Å². The number of carboxylic acids is 1. The van der Waals surface area contributed by atoms with E-state index in [1.807, 2.05) is 6.92 Å². The van der Waals surface area contributed by atoms with E-state index in [9.17, 15) is 14.7 Å². The highest BCUT2D eigenvalue weighted by atomic mass is 16.5. The minimum absolute atomic E-state index is 0.302. The van der Waals surface area contributed by atoms with Gasteiger partial charge in [0.05, 0.1) is 12.6 Å². The van der Waals surface area contributed by atoms with Crippen molar-refractivity contribution in [3.63, 3.8) is 0 Å². The molecule has 0 aliphatic carbocycles. The molecule has 0 radical (unpaired) electrons. The molecule has 0 fully saturated rings. The Balaban J connectivity index is 3.60. The Hall–Kier alpha value is -1.32. The standard InChI is InChI=1S/C7H10O4/c1-2-5-11-7(10)4-3-6(8)9/h3-4H,2,5H2,1H3,(H,8,9)/p-1/b4-3+. The van der Waals surface area contributed by atoms with Gasteiger partial charge in [-0.15, -0.1) is 0 Å². The molecule has 0 amide bonds. The highest BCUT2D eigenvalue weighted by Gasteiger charge is 1.92. The van der Waals surface area contributed by atoms with E-state index in [2.05, 4.69) is 4.74 Å². The fourth-order valence-corrected chi connectivity index (χ4v) is 0.387. The van der Waals surface area contributed by atoms with Crippen LogP contribution in [0, 0.1) is 0 Å². The zero-order valence-electron chi connectivity index (χ0n) is 6.20. The fourth-order valence-electron chi connectivity index (χ4n) is 0.387. The highest BCUT2D eigenvalue weighted by molar-refractivity contribution is 5.89. The zero-order valence-corrected chi connectivity index (χ0v) is 6.20. The molecule has 4 nitrogen and oxygen atoms in total. The molecular weight excluding hydrogens is 148 g/mol. The predicted molar refractivity (Wildman–Crippen MR) is 35.4 cm³/mol. The maximum Gasteiger partial charge on any atom is 0.330 e. The maximum atomic E-state index is 10.5. The first kappa shape index (κ1) is 9.68. The largest absolute Gasteiger partial charge is 0.545 e. The summed E-state index contributed by atoms with van der Waals surface area (Å²) in [7, 11) is 0. The second kappa shape index (κ2) is 5.46. The number of carbonyl (C=O) groups excluding carboxylic acids is 2. The SMILES string of the molecule is CCCOC(=O)/C=C/C(=O)[O-]. The van der Waals surface area contributed by atoms with Crippen LogP contribution in [0.1, 0.15) is 13.3 Å². The van der Waals surface area contributed by atoms with Gasteiger partial charge in [-0.1, -0.05) is 6.92 Å². The van der Waals surface area contributed by atoms with E-state index >= 15 is 0 Å². The monoisotopic (exact) mass is 157 g/mol. The summed E-state index contributed by atoms with van der Waals surface area (Å²) in [6.45, 7) is 2.14. The van der Waals surface area contributed by atoms with Crippen molar-refractivity contribution in [3.05, 3.63) is 12.2 Å². The topological polar surface area (TPSA) is 66.4 Å². The van der Waals surface area contributed by atoms with E-state index < -0.39 is 11.9 Å². The lowest BCUT2D eigenvalue weighted by Crippen LogP contribution is -2.19. The van der Waals surface area contributed by atoms with E-state index in [0.717, 1.165) is 6.08 Å². The molecule has 0 N–H and O–H groups in total. The second-order valence-corrected chi connectivity index (χ2v) is 1.82. The molecule has 0 aromatic carbocycles. The molecule has 4 heteroatoms. The first-order chi connectivity index (χ1) is 5.16. The minimum atomic E-state index is -1.40. The molecule has 0 aromatic heterocycles. The zero-order chi connectivity index (χ0) is 8.69. The van der Waals surface area contributed by atoms with Gasteiger partial charge in [-0.05, 0) is 12.5 Å². The average Bonchev–Trinajstić information content (AvgIpc) is 1.97. The summed E-state index contributed by atoms with van der Waals surface area (Å²) in [6.07, 6.45) is 2.17. The third-order valence-electron chi connectivity index (χ3n) is 0.804. The van der Waals surface area contributed by atoms with Gasteiger partial charge in [-0.3, -0.25) is 0 Å². The van der Waals surface area contributed by atoms with Crippen molar-refractivity contribution in [1.82, 2.24) is 0 Å². The molecule has 0 aliphatic rings. The molecule has 0 heterocycles. The number of carbonyl (C=O) groups is 2. The van der Waals surface area contributed by atoms with Crippen molar-refractivity contribution >= 4 is 11.9 Å². The van der Waals surface area contributed by atoms with Gasteiger partial charge >= 0.3 is 5.97 Å².